The normalized spacial score (nSPS) is 11.8. The van der Waals surface area contributed by atoms with Crippen molar-refractivity contribution in [3.8, 4) is 0 Å². The van der Waals surface area contributed by atoms with Gasteiger partial charge in [0.2, 0.25) is 0 Å². The van der Waals surface area contributed by atoms with Gasteiger partial charge in [0.1, 0.15) is 5.54 Å². The van der Waals surface area contributed by atoms with E-state index in [1.807, 2.05) is 38.1 Å². The van der Waals surface area contributed by atoms with E-state index in [4.69, 9.17) is 11.6 Å². The quantitative estimate of drug-likeness (QED) is 0.477. The van der Waals surface area contributed by atoms with Crippen molar-refractivity contribution < 1.29 is 4.79 Å². The molecule has 4 aromatic rings. The second kappa shape index (κ2) is 6.26. The summed E-state index contributed by atoms with van der Waals surface area (Å²) in [6, 6.07) is 11.1. The van der Waals surface area contributed by atoms with Crippen LogP contribution in [0, 0.1) is 0 Å². The van der Waals surface area contributed by atoms with Crippen LogP contribution in [0.3, 0.4) is 0 Å². The first-order valence-corrected chi connectivity index (χ1v) is 9.20. The number of hydrogen-bond donors (Lipinski definition) is 3. The summed E-state index contributed by atoms with van der Waals surface area (Å²) in [4.78, 5) is 17.3. The molecule has 4 rings (SSSR count). The molecule has 26 heavy (non-hydrogen) atoms. The Labute approximate surface area is 158 Å². The molecular weight excluding hydrogens is 370 g/mol. The minimum Gasteiger partial charge on any atom is -0.372 e. The number of anilines is 2. The molecular formula is C18H16ClN5OS. The number of rotatable bonds is 4. The second-order valence-electron chi connectivity index (χ2n) is 6.48. The fourth-order valence-electron chi connectivity index (χ4n) is 2.66. The van der Waals surface area contributed by atoms with Crippen LogP contribution < -0.4 is 10.6 Å². The summed E-state index contributed by atoms with van der Waals surface area (Å²) >= 11 is 7.34. The van der Waals surface area contributed by atoms with Gasteiger partial charge in [0.15, 0.2) is 5.13 Å². The Morgan fingerprint density at radius 2 is 1.96 bits per heavy atom. The lowest BCUT2D eigenvalue weighted by Crippen LogP contribution is -2.44. The van der Waals surface area contributed by atoms with Gasteiger partial charge in [-0.15, -0.1) is 0 Å². The molecule has 0 aliphatic heterocycles. The third-order valence-electron chi connectivity index (χ3n) is 4.06. The van der Waals surface area contributed by atoms with Crippen LogP contribution in [0.25, 0.3) is 21.1 Å². The molecule has 0 bridgehead atoms. The number of nitrogens with one attached hydrogen (secondary N) is 3. The molecule has 0 spiro atoms. The van der Waals surface area contributed by atoms with E-state index in [1.165, 1.54) is 11.3 Å². The number of thiazole rings is 1. The summed E-state index contributed by atoms with van der Waals surface area (Å²) in [5, 5.41) is 15.3. The van der Waals surface area contributed by atoms with Crippen LogP contribution in [-0.4, -0.2) is 26.6 Å². The lowest BCUT2D eigenvalue weighted by molar-refractivity contribution is -0.119. The summed E-state index contributed by atoms with van der Waals surface area (Å²) in [5.74, 6) is -0.171. The Morgan fingerprint density at radius 1 is 1.19 bits per heavy atom. The molecule has 8 heteroatoms. The first-order valence-electron chi connectivity index (χ1n) is 8.00. The first-order chi connectivity index (χ1) is 12.4. The largest absolute Gasteiger partial charge is 0.372 e. The number of hydrogen-bond acceptors (Lipinski definition) is 5. The number of carbonyl (C=O) groups is 1. The maximum atomic E-state index is 12.7. The highest BCUT2D eigenvalue weighted by Gasteiger charge is 2.28. The van der Waals surface area contributed by atoms with E-state index in [1.54, 1.807) is 18.3 Å². The molecule has 2 heterocycles. The fraction of sp³-hybridized carbons (Fsp3) is 0.167. The van der Waals surface area contributed by atoms with Crippen molar-refractivity contribution in [2.24, 2.45) is 0 Å². The van der Waals surface area contributed by atoms with Gasteiger partial charge in [-0.3, -0.25) is 15.2 Å². The predicted molar refractivity (Wildman–Crippen MR) is 107 cm³/mol. The van der Waals surface area contributed by atoms with Crippen LogP contribution >= 0.6 is 22.9 Å². The average Bonchev–Trinajstić information content (AvgIpc) is 3.22. The van der Waals surface area contributed by atoms with Gasteiger partial charge in [0.25, 0.3) is 5.91 Å². The van der Waals surface area contributed by atoms with Crippen molar-refractivity contribution >= 4 is 60.8 Å². The first kappa shape index (κ1) is 16.8. The van der Waals surface area contributed by atoms with Gasteiger partial charge in [0, 0.05) is 16.1 Å². The number of amides is 1. The number of carbonyl (C=O) groups excluding carboxylic acids is 1. The molecule has 0 radical (unpaired) electrons. The molecule has 0 saturated heterocycles. The van der Waals surface area contributed by atoms with Crippen molar-refractivity contribution in [2.45, 2.75) is 19.4 Å². The third-order valence-corrected chi connectivity index (χ3v) is 5.34. The molecule has 6 nitrogen and oxygen atoms in total. The van der Waals surface area contributed by atoms with Gasteiger partial charge < -0.3 is 5.32 Å². The SMILES string of the molecule is CC(C)(Nc1ccc(Cl)cc1)C(=O)Nc1nc2ccc3[nH]ncc3c2s1. The molecule has 2 aromatic heterocycles. The van der Waals surface area contributed by atoms with Gasteiger partial charge in [-0.25, -0.2) is 4.98 Å². The number of aromatic nitrogens is 3. The highest BCUT2D eigenvalue weighted by atomic mass is 35.5. The number of nitrogens with zero attached hydrogens (tertiary/aromatic N) is 2. The van der Waals surface area contributed by atoms with Crippen LogP contribution in [0.15, 0.2) is 42.6 Å². The highest BCUT2D eigenvalue weighted by molar-refractivity contribution is 7.23. The van der Waals surface area contributed by atoms with Crippen LogP contribution in [0.1, 0.15) is 13.8 Å². The topological polar surface area (TPSA) is 82.7 Å². The van der Waals surface area contributed by atoms with Crippen molar-refractivity contribution in [2.75, 3.05) is 10.6 Å². The number of H-pyrrole nitrogens is 1. The molecule has 0 saturated carbocycles. The lowest BCUT2D eigenvalue weighted by Gasteiger charge is -2.25. The van der Waals surface area contributed by atoms with E-state index < -0.39 is 5.54 Å². The summed E-state index contributed by atoms with van der Waals surface area (Å²) in [5.41, 5.74) is 1.78. The van der Waals surface area contributed by atoms with E-state index in [2.05, 4.69) is 25.8 Å². The Morgan fingerprint density at radius 3 is 2.73 bits per heavy atom. The third kappa shape index (κ3) is 3.11. The summed E-state index contributed by atoms with van der Waals surface area (Å²) < 4.78 is 0.995. The molecule has 0 aliphatic carbocycles. The average molecular weight is 386 g/mol. The standard InChI is InChI=1S/C18H16ClN5OS/c1-18(2,23-11-5-3-10(19)4-6-11)16(25)22-17-21-14-8-7-13-12(9-20-24-13)15(14)26-17/h3-9,23H,1-2H3,(H,20,24)(H,21,22,25). The van der Waals surface area contributed by atoms with Crippen molar-refractivity contribution in [1.82, 2.24) is 15.2 Å². The molecule has 3 N–H and O–H groups in total. The molecule has 0 atom stereocenters. The second-order valence-corrected chi connectivity index (χ2v) is 7.91. The van der Waals surface area contributed by atoms with Gasteiger partial charge in [-0.05, 0) is 50.2 Å². The summed E-state index contributed by atoms with van der Waals surface area (Å²) in [6.45, 7) is 3.64. The zero-order chi connectivity index (χ0) is 18.3. The minimum atomic E-state index is -0.823. The number of benzene rings is 2. The van der Waals surface area contributed by atoms with Crippen molar-refractivity contribution in [3.05, 3.63) is 47.6 Å². The fourth-order valence-corrected chi connectivity index (χ4v) is 3.76. The molecule has 0 unspecified atom stereocenters. The maximum absolute atomic E-state index is 12.7. The Hall–Kier alpha value is -2.64. The molecule has 2 aromatic carbocycles. The van der Waals surface area contributed by atoms with Gasteiger partial charge in [-0.2, -0.15) is 5.10 Å². The van der Waals surface area contributed by atoms with E-state index in [0.29, 0.717) is 10.2 Å². The number of fused-ring (bicyclic) bond motifs is 3. The zero-order valence-electron chi connectivity index (χ0n) is 14.1. The van der Waals surface area contributed by atoms with E-state index >= 15 is 0 Å². The van der Waals surface area contributed by atoms with Crippen LogP contribution in [-0.2, 0) is 4.79 Å². The van der Waals surface area contributed by atoms with Crippen molar-refractivity contribution in [3.63, 3.8) is 0 Å². The predicted octanol–water partition coefficient (Wildman–Crippen LogP) is 4.66. The molecule has 0 fully saturated rings. The van der Waals surface area contributed by atoms with Crippen LogP contribution in [0.2, 0.25) is 5.02 Å². The Balaban J connectivity index is 1.56. The van der Waals surface area contributed by atoms with Crippen LogP contribution in [0.5, 0.6) is 0 Å². The Bertz CT molecular complexity index is 1100. The summed E-state index contributed by atoms with van der Waals surface area (Å²) in [7, 11) is 0. The molecule has 1 amide bonds. The number of aromatic amines is 1. The van der Waals surface area contributed by atoms with E-state index in [-0.39, 0.29) is 5.91 Å². The van der Waals surface area contributed by atoms with Crippen LogP contribution in [0.4, 0.5) is 10.8 Å². The highest BCUT2D eigenvalue weighted by Crippen LogP contribution is 2.32. The minimum absolute atomic E-state index is 0.171. The monoisotopic (exact) mass is 385 g/mol. The van der Waals surface area contributed by atoms with Gasteiger partial charge in [-0.1, -0.05) is 22.9 Å². The van der Waals surface area contributed by atoms with Crippen molar-refractivity contribution in [1.29, 1.82) is 0 Å². The lowest BCUT2D eigenvalue weighted by atomic mass is 10.0. The van der Waals surface area contributed by atoms with Gasteiger partial charge >= 0.3 is 0 Å². The maximum Gasteiger partial charge on any atom is 0.251 e. The van der Waals surface area contributed by atoms with E-state index in [9.17, 15) is 4.79 Å². The Kier molecular flexibility index (Phi) is 4.05. The molecule has 0 aliphatic rings. The smallest absolute Gasteiger partial charge is 0.251 e. The molecule has 132 valence electrons. The summed E-state index contributed by atoms with van der Waals surface area (Å²) in [6.07, 6.45) is 1.77. The number of halogens is 1. The van der Waals surface area contributed by atoms with E-state index in [0.717, 1.165) is 26.8 Å². The van der Waals surface area contributed by atoms with Gasteiger partial charge in [0.05, 0.1) is 21.9 Å². The zero-order valence-corrected chi connectivity index (χ0v) is 15.7.